The van der Waals surface area contributed by atoms with Crippen molar-refractivity contribution in [1.29, 1.82) is 0 Å². The number of esters is 1. The number of nitrogens with one attached hydrogen (secondary N) is 1. The third-order valence-corrected chi connectivity index (χ3v) is 2.48. The summed E-state index contributed by atoms with van der Waals surface area (Å²) in [5, 5.41) is 3.06. The molecule has 1 aliphatic rings. The van der Waals surface area contributed by atoms with Gasteiger partial charge in [-0.15, -0.1) is 0 Å². The average molecular weight is 157 g/mol. The van der Waals surface area contributed by atoms with Gasteiger partial charge in [0.2, 0.25) is 0 Å². The third-order valence-electron chi connectivity index (χ3n) is 2.48. The zero-order chi connectivity index (χ0) is 8.43. The van der Waals surface area contributed by atoms with Crippen LogP contribution in [0.25, 0.3) is 0 Å². The molecular formula is C8H15NO2. The van der Waals surface area contributed by atoms with Gasteiger partial charge in [0.15, 0.2) is 0 Å². The van der Waals surface area contributed by atoms with Crippen LogP contribution in [0.5, 0.6) is 0 Å². The lowest BCUT2D eigenvalue weighted by atomic mass is 10.3. The number of rotatable bonds is 3. The van der Waals surface area contributed by atoms with Gasteiger partial charge in [0.05, 0.1) is 13.0 Å². The Morgan fingerprint density at radius 1 is 1.64 bits per heavy atom. The second kappa shape index (κ2) is 3.22. The Bertz CT molecular complexity index is 158. The summed E-state index contributed by atoms with van der Waals surface area (Å²) in [6.07, 6.45) is 0. The van der Waals surface area contributed by atoms with Gasteiger partial charge in [-0.1, -0.05) is 6.92 Å². The predicted octanol–water partition coefficient (Wildman–Crippen LogP) is 0.261. The normalized spacial score (nSPS) is 35.0. The number of carbonyl (C=O) groups excluding carboxylic acids is 1. The molecule has 0 saturated heterocycles. The maximum absolute atomic E-state index is 11.0. The number of ether oxygens (including phenoxy) is 1. The van der Waals surface area contributed by atoms with E-state index < -0.39 is 0 Å². The Labute approximate surface area is 67.1 Å². The fraction of sp³-hybridized carbons (Fsp3) is 0.875. The van der Waals surface area contributed by atoms with E-state index >= 15 is 0 Å². The molecule has 0 aromatic rings. The topological polar surface area (TPSA) is 38.3 Å². The zero-order valence-corrected chi connectivity index (χ0v) is 7.26. The summed E-state index contributed by atoms with van der Waals surface area (Å²) >= 11 is 0. The summed E-state index contributed by atoms with van der Waals surface area (Å²) in [4.78, 5) is 11.0. The van der Waals surface area contributed by atoms with E-state index in [2.05, 4.69) is 17.0 Å². The molecule has 0 aromatic heterocycles. The van der Waals surface area contributed by atoms with Gasteiger partial charge in [-0.2, -0.15) is 0 Å². The maximum atomic E-state index is 11.0. The maximum Gasteiger partial charge on any atom is 0.309 e. The number of methoxy groups -OCH3 is 1. The zero-order valence-electron chi connectivity index (χ0n) is 7.26. The van der Waals surface area contributed by atoms with E-state index in [1.807, 2.05) is 7.05 Å². The third kappa shape index (κ3) is 1.53. The van der Waals surface area contributed by atoms with Gasteiger partial charge >= 0.3 is 5.97 Å². The molecule has 0 heterocycles. The molecule has 0 radical (unpaired) electrons. The van der Waals surface area contributed by atoms with E-state index in [9.17, 15) is 4.79 Å². The second-order valence-corrected chi connectivity index (χ2v) is 3.13. The average Bonchev–Trinajstić information content (AvgIpc) is 2.62. The lowest BCUT2D eigenvalue weighted by molar-refractivity contribution is -0.142. The Balaban J connectivity index is 2.35. The molecule has 64 valence electrons. The molecule has 1 saturated carbocycles. The highest BCUT2D eigenvalue weighted by atomic mass is 16.5. The monoisotopic (exact) mass is 157 g/mol. The molecule has 3 nitrogen and oxygen atoms in total. The Morgan fingerprint density at radius 3 is 2.73 bits per heavy atom. The molecule has 0 spiro atoms. The molecule has 11 heavy (non-hydrogen) atoms. The largest absolute Gasteiger partial charge is 0.469 e. The van der Waals surface area contributed by atoms with Crippen molar-refractivity contribution in [2.75, 3.05) is 20.7 Å². The van der Waals surface area contributed by atoms with Crippen LogP contribution >= 0.6 is 0 Å². The first kappa shape index (κ1) is 8.53. The summed E-state index contributed by atoms with van der Waals surface area (Å²) in [5.41, 5.74) is 0. The van der Waals surface area contributed by atoms with E-state index in [0.717, 1.165) is 6.54 Å². The Kier molecular flexibility index (Phi) is 2.49. The number of carbonyl (C=O) groups is 1. The summed E-state index contributed by atoms with van der Waals surface area (Å²) in [5.74, 6) is 1.08. The van der Waals surface area contributed by atoms with Gasteiger partial charge in [-0.3, -0.25) is 4.79 Å². The van der Waals surface area contributed by atoms with E-state index in [0.29, 0.717) is 11.8 Å². The minimum absolute atomic E-state index is 0.0576. The van der Waals surface area contributed by atoms with Crippen molar-refractivity contribution in [3.8, 4) is 0 Å². The quantitative estimate of drug-likeness (QED) is 0.597. The van der Waals surface area contributed by atoms with Gasteiger partial charge in [-0.25, -0.2) is 0 Å². The molecule has 0 bridgehead atoms. The first-order valence-electron chi connectivity index (χ1n) is 3.94. The van der Waals surface area contributed by atoms with Crippen LogP contribution in [0.1, 0.15) is 6.92 Å². The van der Waals surface area contributed by atoms with E-state index in [4.69, 9.17) is 0 Å². The van der Waals surface area contributed by atoms with Crippen molar-refractivity contribution in [3.63, 3.8) is 0 Å². The molecule has 3 heteroatoms. The van der Waals surface area contributed by atoms with E-state index in [1.54, 1.807) is 0 Å². The van der Waals surface area contributed by atoms with E-state index in [-0.39, 0.29) is 11.9 Å². The summed E-state index contributed by atoms with van der Waals surface area (Å²) in [7, 11) is 3.35. The first-order chi connectivity index (χ1) is 5.22. The van der Waals surface area contributed by atoms with Crippen LogP contribution in [-0.2, 0) is 9.53 Å². The second-order valence-electron chi connectivity index (χ2n) is 3.13. The SMILES string of the molecule is CNCC1C(C)C1C(=O)OC. The minimum atomic E-state index is -0.0576. The van der Waals surface area contributed by atoms with E-state index in [1.165, 1.54) is 7.11 Å². The van der Waals surface area contributed by atoms with Crippen LogP contribution < -0.4 is 5.32 Å². The standard InChI is InChI=1S/C8H15NO2/c1-5-6(4-9-2)7(5)8(10)11-3/h5-7,9H,4H2,1-3H3. The first-order valence-corrected chi connectivity index (χ1v) is 3.94. The Hall–Kier alpha value is -0.570. The van der Waals surface area contributed by atoms with Gasteiger partial charge in [-0.05, 0) is 25.4 Å². The summed E-state index contributed by atoms with van der Waals surface area (Å²) < 4.78 is 4.65. The van der Waals surface area contributed by atoms with Crippen LogP contribution in [-0.4, -0.2) is 26.7 Å². The number of hydrogen-bond acceptors (Lipinski definition) is 3. The summed E-state index contributed by atoms with van der Waals surface area (Å²) in [6, 6.07) is 0. The number of hydrogen-bond donors (Lipinski definition) is 1. The van der Waals surface area contributed by atoms with Gasteiger partial charge in [0, 0.05) is 0 Å². The van der Waals surface area contributed by atoms with Gasteiger partial charge in [0.25, 0.3) is 0 Å². The van der Waals surface area contributed by atoms with Crippen molar-refractivity contribution < 1.29 is 9.53 Å². The highest BCUT2D eigenvalue weighted by Gasteiger charge is 2.51. The van der Waals surface area contributed by atoms with Crippen molar-refractivity contribution in [1.82, 2.24) is 5.32 Å². The fourth-order valence-corrected chi connectivity index (χ4v) is 1.62. The molecule has 0 aliphatic heterocycles. The molecule has 3 atom stereocenters. The van der Waals surface area contributed by atoms with Crippen LogP contribution in [0.3, 0.4) is 0 Å². The van der Waals surface area contributed by atoms with Crippen LogP contribution in [0, 0.1) is 17.8 Å². The van der Waals surface area contributed by atoms with Crippen LogP contribution in [0.15, 0.2) is 0 Å². The lowest BCUT2D eigenvalue weighted by Gasteiger charge is -1.96. The molecule has 0 amide bonds. The molecule has 1 fully saturated rings. The van der Waals surface area contributed by atoms with Crippen molar-refractivity contribution in [3.05, 3.63) is 0 Å². The Morgan fingerprint density at radius 2 is 2.27 bits per heavy atom. The highest BCUT2D eigenvalue weighted by molar-refractivity contribution is 5.76. The van der Waals surface area contributed by atoms with Crippen molar-refractivity contribution in [2.24, 2.45) is 17.8 Å². The molecular weight excluding hydrogens is 142 g/mol. The van der Waals surface area contributed by atoms with Crippen LogP contribution in [0.2, 0.25) is 0 Å². The summed E-state index contributed by atoms with van der Waals surface area (Å²) in [6.45, 7) is 3.00. The molecule has 3 unspecified atom stereocenters. The molecule has 1 rings (SSSR count). The van der Waals surface area contributed by atoms with Crippen LogP contribution in [0.4, 0.5) is 0 Å². The van der Waals surface area contributed by atoms with Gasteiger partial charge in [0.1, 0.15) is 0 Å². The fourth-order valence-electron chi connectivity index (χ4n) is 1.62. The van der Waals surface area contributed by atoms with Crippen molar-refractivity contribution >= 4 is 5.97 Å². The lowest BCUT2D eigenvalue weighted by Crippen LogP contribution is -2.13. The smallest absolute Gasteiger partial charge is 0.309 e. The molecule has 0 aromatic carbocycles. The predicted molar refractivity (Wildman–Crippen MR) is 42.1 cm³/mol. The molecule has 1 N–H and O–H groups in total. The van der Waals surface area contributed by atoms with Crippen molar-refractivity contribution in [2.45, 2.75) is 6.92 Å². The van der Waals surface area contributed by atoms with Gasteiger partial charge < -0.3 is 10.1 Å². The molecule has 1 aliphatic carbocycles. The minimum Gasteiger partial charge on any atom is -0.469 e. The highest BCUT2D eigenvalue weighted by Crippen LogP contribution is 2.45.